The van der Waals surface area contributed by atoms with Crippen LogP contribution in [0.15, 0.2) is 12.1 Å². The summed E-state index contributed by atoms with van der Waals surface area (Å²) in [5, 5.41) is 18.3. The first-order valence-corrected chi connectivity index (χ1v) is 5.65. The molecule has 100 valence electrons. The number of nitrogens with zero attached hydrogens (tertiary/aromatic N) is 2. The Morgan fingerprint density at radius 1 is 1.42 bits per heavy atom. The van der Waals surface area contributed by atoms with Gasteiger partial charge in [-0.05, 0) is 19.1 Å². The Morgan fingerprint density at radius 2 is 2.11 bits per heavy atom. The molecule has 8 heteroatoms. The smallest absolute Gasteiger partial charge is 0.417 e. The van der Waals surface area contributed by atoms with Crippen LogP contribution in [0.1, 0.15) is 17.4 Å². The van der Waals surface area contributed by atoms with Crippen molar-refractivity contribution in [3.63, 3.8) is 0 Å². The van der Waals surface area contributed by atoms with E-state index in [1.54, 1.807) is 6.92 Å². The summed E-state index contributed by atoms with van der Waals surface area (Å²) in [5.41, 5.74) is -0.446. The van der Waals surface area contributed by atoms with Crippen LogP contribution in [0.3, 0.4) is 0 Å². The number of fused-ring (bicyclic) bond motifs is 1. The maximum absolute atomic E-state index is 11.1. The zero-order valence-electron chi connectivity index (χ0n) is 9.75. The second-order valence-electron chi connectivity index (χ2n) is 3.58. The first-order valence-electron chi connectivity index (χ1n) is 5.27. The number of aromatic nitrogens is 2. The van der Waals surface area contributed by atoms with Gasteiger partial charge in [0.2, 0.25) is 0 Å². The van der Waals surface area contributed by atoms with Crippen molar-refractivity contribution in [2.24, 2.45) is 0 Å². The summed E-state index contributed by atoms with van der Waals surface area (Å²) in [4.78, 5) is 26.0. The van der Waals surface area contributed by atoms with Crippen LogP contribution < -0.4 is 4.74 Å². The van der Waals surface area contributed by atoms with Crippen LogP contribution >= 0.6 is 11.6 Å². The highest BCUT2D eigenvalue weighted by Crippen LogP contribution is 2.29. The van der Waals surface area contributed by atoms with E-state index < -0.39 is 17.8 Å². The van der Waals surface area contributed by atoms with Gasteiger partial charge in [0, 0.05) is 5.39 Å². The molecule has 0 aliphatic carbocycles. The molecule has 2 aromatic rings. The molecule has 0 atom stereocenters. The molecular weight excluding hydrogens is 276 g/mol. The molecule has 2 aromatic heterocycles. The van der Waals surface area contributed by atoms with Crippen molar-refractivity contribution >= 4 is 34.7 Å². The van der Waals surface area contributed by atoms with Crippen LogP contribution in [0.2, 0.25) is 5.15 Å². The topological polar surface area (TPSA) is 102 Å². The molecule has 0 unspecified atom stereocenters. The predicted octanol–water partition coefficient (Wildman–Crippen LogP) is 2.31. The van der Waals surface area contributed by atoms with Gasteiger partial charge in [0.1, 0.15) is 5.69 Å². The predicted molar refractivity (Wildman–Crippen MR) is 66.3 cm³/mol. The minimum Gasteiger partial charge on any atom is -0.491 e. The number of rotatable bonds is 3. The molecule has 2 heterocycles. The van der Waals surface area contributed by atoms with Crippen molar-refractivity contribution in [3.05, 3.63) is 23.0 Å². The summed E-state index contributed by atoms with van der Waals surface area (Å²) < 4.78 is 5.78. The molecule has 0 saturated heterocycles. The Morgan fingerprint density at radius 3 is 2.63 bits per heavy atom. The van der Waals surface area contributed by atoms with Crippen molar-refractivity contribution in [2.45, 2.75) is 6.92 Å². The number of ether oxygens (including phenoxy) is 1. The first kappa shape index (κ1) is 13.2. The normalized spacial score (nSPS) is 10.6. The van der Waals surface area contributed by atoms with E-state index >= 15 is 0 Å². The molecule has 7 nitrogen and oxygen atoms in total. The average Bonchev–Trinajstić information content (AvgIpc) is 2.68. The van der Waals surface area contributed by atoms with Crippen molar-refractivity contribution in [1.29, 1.82) is 0 Å². The van der Waals surface area contributed by atoms with Gasteiger partial charge >= 0.3 is 12.1 Å². The van der Waals surface area contributed by atoms with E-state index in [2.05, 4.69) is 4.98 Å². The van der Waals surface area contributed by atoms with Gasteiger partial charge in [-0.1, -0.05) is 11.6 Å². The Balaban J connectivity index is 2.76. The van der Waals surface area contributed by atoms with Gasteiger partial charge in [0.05, 0.1) is 6.61 Å². The number of hydrogen-bond donors (Lipinski definition) is 2. The average molecular weight is 285 g/mol. The number of carboxylic acid groups (broad SMARTS) is 2. The number of carboxylic acids is 1. The SMILES string of the molecule is CCOc1cc2cc(C(=O)O)n(C(=O)O)c2nc1Cl. The van der Waals surface area contributed by atoms with Gasteiger partial charge in [0.15, 0.2) is 16.5 Å². The lowest BCUT2D eigenvalue weighted by atomic mass is 10.3. The lowest BCUT2D eigenvalue weighted by Gasteiger charge is -2.05. The molecule has 0 saturated carbocycles. The van der Waals surface area contributed by atoms with Crippen LogP contribution in [0.4, 0.5) is 4.79 Å². The maximum Gasteiger partial charge on any atom is 0.417 e. The fourth-order valence-electron chi connectivity index (χ4n) is 1.70. The summed E-state index contributed by atoms with van der Waals surface area (Å²) in [7, 11) is 0. The molecule has 0 bridgehead atoms. The fraction of sp³-hybridized carbons (Fsp3) is 0.182. The second-order valence-corrected chi connectivity index (χ2v) is 3.93. The number of hydrogen-bond acceptors (Lipinski definition) is 4. The lowest BCUT2D eigenvalue weighted by Crippen LogP contribution is -2.15. The molecule has 0 fully saturated rings. The van der Waals surface area contributed by atoms with Crippen molar-refractivity contribution < 1.29 is 24.5 Å². The highest BCUT2D eigenvalue weighted by molar-refractivity contribution is 6.31. The fourth-order valence-corrected chi connectivity index (χ4v) is 1.89. The van der Waals surface area contributed by atoms with E-state index in [4.69, 9.17) is 26.6 Å². The third-order valence-electron chi connectivity index (χ3n) is 2.41. The van der Waals surface area contributed by atoms with Gasteiger partial charge < -0.3 is 14.9 Å². The zero-order valence-corrected chi connectivity index (χ0v) is 10.5. The molecular formula is C11H9ClN2O5. The summed E-state index contributed by atoms with van der Waals surface area (Å²) in [6.45, 7) is 2.12. The van der Waals surface area contributed by atoms with Crippen molar-refractivity contribution in [3.8, 4) is 5.75 Å². The lowest BCUT2D eigenvalue weighted by molar-refractivity contribution is 0.0684. The molecule has 19 heavy (non-hydrogen) atoms. The number of pyridine rings is 1. The van der Waals surface area contributed by atoms with Gasteiger partial charge in [-0.25, -0.2) is 19.1 Å². The van der Waals surface area contributed by atoms with Gasteiger partial charge in [-0.3, -0.25) is 0 Å². The maximum atomic E-state index is 11.1. The van der Waals surface area contributed by atoms with E-state index in [1.165, 1.54) is 12.1 Å². The minimum absolute atomic E-state index is 0.0214. The third kappa shape index (κ3) is 2.19. The van der Waals surface area contributed by atoms with E-state index in [0.717, 1.165) is 0 Å². The molecule has 2 N–H and O–H groups in total. The number of halogens is 1. The minimum atomic E-state index is -1.44. The molecule has 0 aliphatic heterocycles. The molecule has 0 aromatic carbocycles. The van der Waals surface area contributed by atoms with E-state index in [9.17, 15) is 9.59 Å². The highest BCUT2D eigenvalue weighted by Gasteiger charge is 2.21. The number of aromatic carboxylic acids is 1. The van der Waals surface area contributed by atoms with Gasteiger partial charge in [0.25, 0.3) is 0 Å². The molecule has 0 spiro atoms. The molecule has 0 radical (unpaired) electrons. The molecule has 0 aliphatic rings. The van der Waals surface area contributed by atoms with Crippen LogP contribution in [-0.4, -0.2) is 38.4 Å². The van der Waals surface area contributed by atoms with E-state index in [-0.39, 0.29) is 16.5 Å². The van der Waals surface area contributed by atoms with Crippen molar-refractivity contribution in [2.75, 3.05) is 6.61 Å². The second kappa shape index (κ2) is 4.77. The zero-order chi connectivity index (χ0) is 14.2. The van der Waals surface area contributed by atoms with Crippen LogP contribution in [0, 0.1) is 0 Å². The highest BCUT2D eigenvalue weighted by atomic mass is 35.5. The largest absolute Gasteiger partial charge is 0.491 e. The Hall–Kier alpha value is -2.28. The van der Waals surface area contributed by atoms with Crippen molar-refractivity contribution in [1.82, 2.24) is 9.55 Å². The Bertz CT molecular complexity index is 679. The monoisotopic (exact) mass is 284 g/mol. The summed E-state index contributed by atoms with van der Waals surface area (Å²) >= 11 is 5.86. The van der Waals surface area contributed by atoms with Crippen LogP contribution in [0.5, 0.6) is 5.75 Å². The van der Waals surface area contributed by atoms with Crippen LogP contribution in [0.25, 0.3) is 11.0 Å². The summed E-state index contributed by atoms with van der Waals surface area (Å²) in [5.74, 6) is -1.09. The molecule has 2 rings (SSSR count). The van der Waals surface area contributed by atoms with Crippen LogP contribution in [-0.2, 0) is 0 Å². The summed E-state index contributed by atoms with van der Waals surface area (Å²) in [6.07, 6.45) is -1.44. The first-order chi connectivity index (χ1) is 8.95. The Labute approximate surface area is 112 Å². The summed E-state index contributed by atoms with van der Waals surface area (Å²) in [6, 6.07) is 2.66. The van der Waals surface area contributed by atoms with Gasteiger partial charge in [-0.2, -0.15) is 0 Å². The van der Waals surface area contributed by atoms with E-state index in [0.29, 0.717) is 16.6 Å². The van der Waals surface area contributed by atoms with Gasteiger partial charge in [-0.15, -0.1) is 0 Å². The van der Waals surface area contributed by atoms with E-state index in [1.807, 2.05) is 0 Å². The number of carbonyl (C=O) groups is 2. The molecule has 0 amide bonds. The standard InChI is InChI=1S/C11H9ClN2O5/c1-2-19-7-4-5-3-6(10(15)16)14(11(17)18)9(5)13-8(7)12/h3-4H,2H2,1H3,(H,15,16)(H,17,18). The third-order valence-corrected chi connectivity index (χ3v) is 2.68. The Kier molecular flexibility index (Phi) is 3.30. The quantitative estimate of drug-likeness (QED) is 0.839.